The lowest BCUT2D eigenvalue weighted by Crippen LogP contribution is -2.67. The highest BCUT2D eigenvalue weighted by Gasteiger charge is 2.44. The van der Waals surface area contributed by atoms with Crippen molar-refractivity contribution in [3.8, 4) is 0 Å². The molecule has 1 aromatic heterocycles. The molecule has 0 bridgehead atoms. The van der Waals surface area contributed by atoms with Crippen LogP contribution in [0, 0.1) is 5.82 Å². The lowest BCUT2D eigenvalue weighted by Gasteiger charge is -2.41. The summed E-state index contributed by atoms with van der Waals surface area (Å²) in [4.78, 5) is 29.1. The number of hydrogen-bond acceptors (Lipinski definition) is 3. The maximum atomic E-state index is 13.2. The number of nitrogens with zero attached hydrogens (tertiary/aromatic N) is 2. The number of anilines is 1. The summed E-state index contributed by atoms with van der Waals surface area (Å²) in [5.74, 6) is -1.11. The van der Waals surface area contributed by atoms with E-state index in [1.807, 2.05) is 0 Å². The fourth-order valence-corrected chi connectivity index (χ4v) is 1.93. The van der Waals surface area contributed by atoms with Gasteiger partial charge in [0.05, 0.1) is 18.1 Å². The van der Waals surface area contributed by atoms with Crippen LogP contribution in [0.25, 0.3) is 0 Å². The van der Waals surface area contributed by atoms with E-state index in [4.69, 9.17) is 0 Å². The average molecular weight is 251 g/mol. The van der Waals surface area contributed by atoms with Crippen LogP contribution < -0.4 is 10.2 Å². The standard InChI is InChI=1S/C12H14FN3O2/c1-7-10(17)15-12(2,3)11(18)16(7)9-4-8(13)5-14-6-9/h4-7H,1-3H3,(H,15,17). The molecule has 1 saturated heterocycles. The summed E-state index contributed by atoms with van der Waals surface area (Å²) in [6.07, 6.45) is 2.42. The molecule has 2 rings (SSSR count). The second-order valence-corrected chi connectivity index (χ2v) is 4.83. The van der Waals surface area contributed by atoms with Crippen molar-refractivity contribution in [3.05, 3.63) is 24.3 Å². The minimum Gasteiger partial charge on any atom is -0.340 e. The fraction of sp³-hybridized carbons (Fsp3) is 0.417. The summed E-state index contributed by atoms with van der Waals surface area (Å²) in [6, 6.07) is 0.505. The molecule has 0 spiro atoms. The summed E-state index contributed by atoms with van der Waals surface area (Å²) in [5.41, 5.74) is -0.717. The molecular formula is C12H14FN3O2. The Labute approximate surface area is 104 Å². The van der Waals surface area contributed by atoms with Crippen LogP contribution in [0.5, 0.6) is 0 Å². The van der Waals surface area contributed by atoms with E-state index >= 15 is 0 Å². The number of rotatable bonds is 1. The Morgan fingerprint density at radius 1 is 1.39 bits per heavy atom. The molecule has 2 amide bonds. The number of carbonyl (C=O) groups excluding carboxylic acids is 2. The number of hydrogen-bond donors (Lipinski definition) is 1. The van der Waals surface area contributed by atoms with Gasteiger partial charge in [0.25, 0.3) is 5.91 Å². The van der Waals surface area contributed by atoms with E-state index in [0.29, 0.717) is 0 Å². The van der Waals surface area contributed by atoms with Gasteiger partial charge in [0.2, 0.25) is 5.91 Å². The highest BCUT2D eigenvalue weighted by atomic mass is 19.1. The van der Waals surface area contributed by atoms with Crippen LogP contribution in [-0.4, -0.2) is 28.4 Å². The van der Waals surface area contributed by atoms with Crippen molar-refractivity contribution in [1.82, 2.24) is 10.3 Å². The van der Waals surface area contributed by atoms with Crippen LogP contribution in [0.1, 0.15) is 20.8 Å². The van der Waals surface area contributed by atoms with Crippen molar-refractivity contribution in [2.24, 2.45) is 0 Å². The number of halogens is 1. The average Bonchev–Trinajstić information content (AvgIpc) is 2.27. The van der Waals surface area contributed by atoms with Gasteiger partial charge in [0.15, 0.2) is 0 Å². The highest BCUT2D eigenvalue weighted by Crippen LogP contribution is 2.25. The van der Waals surface area contributed by atoms with E-state index in [1.54, 1.807) is 20.8 Å². The van der Waals surface area contributed by atoms with Crippen molar-refractivity contribution in [2.75, 3.05) is 4.90 Å². The van der Waals surface area contributed by atoms with Gasteiger partial charge in [-0.25, -0.2) is 4.39 Å². The van der Waals surface area contributed by atoms with Gasteiger partial charge in [-0.3, -0.25) is 19.5 Å². The largest absolute Gasteiger partial charge is 0.340 e. The van der Waals surface area contributed by atoms with E-state index in [2.05, 4.69) is 10.3 Å². The monoisotopic (exact) mass is 251 g/mol. The van der Waals surface area contributed by atoms with E-state index < -0.39 is 17.4 Å². The van der Waals surface area contributed by atoms with Crippen molar-refractivity contribution < 1.29 is 14.0 Å². The number of nitrogens with one attached hydrogen (secondary N) is 1. The van der Waals surface area contributed by atoms with Crippen LogP contribution in [0.15, 0.2) is 18.5 Å². The Morgan fingerprint density at radius 3 is 2.67 bits per heavy atom. The second-order valence-electron chi connectivity index (χ2n) is 4.83. The second kappa shape index (κ2) is 4.04. The number of carbonyl (C=O) groups is 2. The molecule has 6 heteroatoms. The summed E-state index contributed by atoms with van der Waals surface area (Å²) in [5, 5.41) is 2.63. The predicted octanol–water partition coefficient (Wildman–Crippen LogP) is 0.851. The molecule has 1 fully saturated rings. The van der Waals surface area contributed by atoms with Crippen LogP contribution in [0.4, 0.5) is 10.1 Å². The molecule has 1 unspecified atom stereocenters. The first-order valence-corrected chi connectivity index (χ1v) is 5.59. The molecular weight excluding hydrogens is 237 g/mol. The van der Waals surface area contributed by atoms with Gasteiger partial charge in [0, 0.05) is 6.07 Å². The summed E-state index contributed by atoms with van der Waals surface area (Å²) in [6.45, 7) is 4.81. The zero-order valence-electron chi connectivity index (χ0n) is 10.4. The molecule has 1 N–H and O–H groups in total. The van der Waals surface area contributed by atoms with Gasteiger partial charge in [0.1, 0.15) is 17.4 Å². The van der Waals surface area contributed by atoms with Gasteiger partial charge in [-0.1, -0.05) is 0 Å². The normalized spacial score (nSPS) is 22.9. The Kier molecular flexibility index (Phi) is 2.80. The van der Waals surface area contributed by atoms with E-state index in [-0.39, 0.29) is 17.5 Å². The maximum Gasteiger partial charge on any atom is 0.252 e. The smallest absolute Gasteiger partial charge is 0.252 e. The van der Waals surface area contributed by atoms with Gasteiger partial charge >= 0.3 is 0 Å². The first-order valence-electron chi connectivity index (χ1n) is 5.59. The Hall–Kier alpha value is -1.98. The maximum absolute atomic E-state index is 13.2. The number of amides is 2. The Bertz CT molecular complexity index is 516. The molecule has 0 saturated carbocycles. The van der Waals surface area contributed by atoms with Crippen LogP contribution in [0.2, 0.25) is 0 Å². The van der Waals surface area contributed by atoms with E-state index in [0.717, 1.165) is 6.20 Å². The van der Waals surface area contributed by atoms with E-state index in [1.165, 1.54) is 17.2 Å². The zero-order valence-corrected chi connectivity index (χ0v) is 10.4. The van der Waals surface area contributed by atoms with Gasteiger partial charge in [-0.05, 0) is 20.8 Å². The Morgan fingerprint density at radius 2 is 2.06 bits per heavy atom. The third-order valence-electron chi connectivity index (χ3n) is 2.92. The molecule has 1 atom stereocenters. The number of piperazine rings is 1. The molecule has 2 heterocycles. The Balaban J connectivity index is 2.46. The van der Waals surface area contributed by atoms with Crippen LogP contribution in [-0.2, 0) is 9.59 Å². The molecule has 5 nitrogen and oxygen atoms in total. The van der Waals surface area contributed by atoms with Gasteiger partial charge in [-0.2, -0.15) is 0 Å². The summed E-state index contributed by atoms with van der Waals surface area (Å²) in [7, 11) is 0. The van der Waals surface area contributed by atoms with Gasteiger partial charge < -0.3 is 5.32 Å². The minimum absolute atomic E-state index is 0.274. The predicted molar refractivity (Wildman–Crippen MR) is 63.4 cm³/mol. The third-order valence-corrected chi connectivity index (χ3v) is 2.92. The highest BCUT2D eigenvalue weighted by molar-refractivity contribution is 6.10. The molecule has 0 aromatic carbocycles. The molecule has 1 aliphatic rings. The third kappa shape index (κ3) is 1.94. The lowest BCUT2D eigenvalue weighted by atomic mass is 9.97. The van der Waals surface area contributed by atoms with E-state index in [9.17, 15) is 14.0 Å². The molecule has 0 radical (unpaired) electrons. The number of aromatic nitrogens is 1. The molecule has 96 valence electrons. The molecule has 18 heavy (non-hydrogen) atoms. The van der Waals surface area contributed by atoms with Gasteiger partial charge in [-0.15, -0.1) is 0 Å². The molecule has 1 aromatic rings. The quantitative estimate of drug-likeness (QED) is 0.805. The summed E-state index contributed by atoms with van der Waals surface area (Å²) >= 11 is 0. The fourth-order valence-electron chi connectivity index (χ4n) is 1.93. The van der Waals surface area contributed by atoms with Crippen molar-refractivity contribution >= 4 is 17.5 Å². The zero-order chi connectivity index (χ0) is 13.5. The number of pyridine rings is 1. The van der Waals surface area contributed by atoms with Crippen LogP contribution in [0.3, 0.4) is 0 Å². The topological polar surface area (TPSA) is 62.3 Å². The summed E-state index contributed by atoms with van der Waals surface area (Å²) < 4.78 is 13.2. The molecule has 0 aliphatic carbocycles. The minimum atomic E-state index is -1.00. The van der Waals surface area contributed by atoms with Crippen molar-refractivity contribution in [3.63, 3.8) is 0 Å². The first-order chi connectivity index (χ1) is 8.33. The SMILES string of the molecule is CC1C(=O)NC(C)(C)C(=O)N1c1cncc(F)c1. The first kappa shape index (κ1) is 12.5. The van der Waals surface area contributed by atoms with Crippen molar-refractivity contribution in [2.45, 2.75) is 32.4 Å². The molecule has 1 aliphatic heterocycles. The van der Waals surface area contributed by atoms with Crippen molar-refractivity contribution in [1.29, 1.82) is 0 Å². The van der Waals surface area contributed by atoms with Crippen LogP contribution >= 0.6 is 0 Å². The lowest BCUT2D eigenvalue weighted by molar-refractivity contribution is -0.136.